The number of hydrogen-bond donors (Lipinski definition) is 1. The summed E-state index contributed by atoms with van der Waals surface area (Å²) < 4.78 is 4.67. The van der Waals surface area contributed by atoms with Gasteiger partial charge in [-0.05, 0) is 13.0 Å². The first-order chi connectivity index (χ1) is 9.05. The van der Waals surface area contributed by atoms with E-state index in [0.717, 1.165) is 18.7 Å². The van der Waals surface area contributed by atoms with Crippen molar-refractivity contribution in [1.82, 2.24) is 9.88 Å². The molecule has 0 spiro atoms. The topological polar surface area (TPSA) is 71.5 Å². The number of nitrogens with zero attached hydrogens (tertiary/aromatic N) is 2. The van der Waals surface area contributed by atoms with E-state index in [4.69, 9.17) is 0 Å². The van der Waals surface area contributed by atoms with Gasteiger partial charge >= 0.3 is 5.97 Å². The van der Waals surface area contributed by atoms with Crippen LogP contribution in [-0.2, 0) is 20.9 Å². The van der Waals surface area contributed by atoms with Crippen LogP contribution in [0.1, 0.15) is 26.0 Å². The second kappa shape index (κ2) is 7.85. The van der Waals surface area contributed by atoms with Crippen LogP contribution in [-0.4, -0.2) is 42.0 Å². The van der Waals surface area contributed by atoms with Crippen molar-refractivity contribution in [2.75, 3.05) is 25.5 Å². The normalized spacial score (nSPS) is 10.5. The molecular weight excluding hydrogens is 266 g/mol. The van der Waals surface area contributed by atoms with E-state index < -0.39 is 0 Å². The minimum Gasteiger partial charge on any atom is -0.468 e. The second-order valence-corrected chi connectivity index (χ2v) is 4.97. The number of esters is 1. The Hall–Kier alpha value is -1.47. The highest BCUT2D eigenvalue weighted by Crippen LogP contribution is 2.16. The van der Waals surface area contributed by atoms with E-state index in [2.05, 4.69) is 15.0 Å². The largest absolute Gasteiger partial charge is 0.468 e. The molecule has 6 nitrogen and oxygen atoms in total. The first-order valence-corrected chi connectivity index (χ1v) is 6.94. The maximum atomic E-state index is 11.3. The Morgan fingerprint density at radius 1 is 1.53 bits per heavy atom. The lowest BCUT2D eigenvalue weighted by molar-refractivity contribution is -0.142. The van der Waals surface area contributed by atoms with Crippen molar-refractivity contribution in [2.45, 2.75) is 26.8 Å². The van der Waals surface area contributed by atoms with Crippen molar-refractivity contribution in [3.05, 3.63) is 11.1 Å². The Morgan fingerprint density at radius 3 is 2.84 bits per heavy atom. The molecule has 0 bridgehead atoms. The average Bonchev–Trinajstić information content (AvgIpc) is 2.75. The van der Waals surface area contributed by atoms with Crippen molar-refractivity contribution >= 4 is 28.3 Å². The maximum Gasteiger partial charge on any atom is 0.319 e. The number of anilines is 1. The fraction of sp³-hybridized carbons (Fsp3) is 0.583. The molecule has 1 heterocycles. The quantitative estimate of drug-likeness (QED) is 0.768. The van der Waals surface area contributed by atoms with Gasteiger partial charge in [0.05, 0.1) is 19.3 Å². The monoisotopic (exact) mass is 285 g/mol. The molecule has 1 N–H and O–H groups in total. The molecule has 0 unspecified atom stereocenters. The number of rotatable bonds is 7. The lowest BCUT2D eigenvalue weighted by atomic mass is 10.3. The summed E-state index contributed by atoms with van der Waals surface area (Å²) in [7, 11) is 1.38. The molecule has 7 heteroatoms. The molecule has 0 saturated carbocycles. The number of ether oxygens (including phenoxy) is 1. The zero-order chi connectivity index (χ0) is 14.3. The Balaban J connectivity index is 2.60. The highest BCUT2D eigenvalue weighted by molar-refractivity contribution is 7.13. The summed E-state index contributed by atoms with van der Waals surface area (Å²) >= 11 is 1.38. The minimum atomic E-state index is -0.259. The highest BCUT2D eigenvalue weighted by atomic mass is 32.1. The van der Waals surface area contributed by atoms with Crippen LogP contribution >= 0.6 is 11.3 Å². The molecule has 19 heavy (non-hydrogen) atoms. The third kappa shape index (κ3) is 5.80. The average molecular weight is 285 g/mol. The lowest BCUT2D eigenvalue weighted by Gasteiger charge is -2.18. The van der Waals surface area contributed by atoms with Crippen molar-refractivity contribution in [1.29, 1.82) is 0 Å². The standard InChI is InChI=1S/C12H19N3O3S/c1-4-5-15(7-11(17)18-3)6-10-8-19-12(14-10)13-9(2)16/h8H,4-7H2,1-3H3,(H,13,14,16). The van der Waals surface area contributed by atoms with Crippen molar-refractivity contribution < 1.29 is 14.3 Å². The van der Waals surface area contributed by atoms with Crippen LogP contribution in [0, 0.1) is 0 Å². The molecule has 106 valence electrons. The van der Waals surface area contributed by atoms with Crippen molar-refractivity contribution in [2.24, 2.45) is 0 Å². The van der Waals surface area contributed by atoms with Crippen molar-refractivity contribution in [3.63, 3.8) is 0 Å². The lowest BCUT2D eigenvalue weighted by Crippen LogP contribution is -2.31. The second-order valence-electron chi connectivity index (χ2n) is 4.11. The number of nitrogens with one attached hydrogen (secondary N) is 1. The summed E-state index contributed by atoms with van der Waals surface area (Å²) in [5, 5.41) is 5.10. The molecule has 1 aromatic rings. The van der Waals surface area contributed by atoms with Gasteiger partial charge in [-0.2, -0.15) is 0 Å². The van der Waals surface area contributed by atoms with Gasteiger partial charge in [-0.25, -0.2) is 4.98 Å². The molecule has 0 fully saturated rings. The first-order valence-electron chi connectivity index (χ1n) is 6.06. The molecule has 0 aliphatic carbocycles. The fourth-order valence-electron chi connectivity index (χ4n) is 1.59. The van der Waals surface area contributed by atoms with Crippen LogP contribution in [0.4, 0.5) is 5.13 Å². The first kappa shape index (κ1) is 15.6. The summed E-state index contributed by atoms with van der Waals surface area (Å²) in [4.78, 5) is 28.5. The van der Waals surface area contributed by atoms with Gasteiger partial charge in [0.2, 0.25) is 5.91 Å². The summed E-state index contributed by atoms with van der Waals surface area (Å²) in [5.41, 5.74) is 0.839. The van der Waals surface area contributed by atoms with Gasteiger partial charge in [-0.15, -0.1) is 11.3 Å². The van der Waals surface area contributed by atoms with E-state index in [0.29, 0.717) is 11.7 Å². The summed E-state index contributed by atoms with van der Waals surface area (Å²) in [6.07, 6.45) is 0.944. The highest BCUT2D eigenvalue weighted by Gasteiger charge is 2.13. The Bertz CT molecular complexity index is 434. The van der Waals surface area contributed by atoms with Gasteiger partial charge in [0.25, 0.3) is 0 Å². The molecule has 0 aliphatic rings. The molecular formula is C12H19N3O3S. The van der Waals surface area contributed by atoms with E-state index in [-0.39, 0.29) is 18.4 Å². The van der Waals surface area contributed by atoms with Crippen LogP contribution in [0.5, 0.6) is 0 Å². The number of methoxy groups -OCH3 is 1. The van der Waals surface area contributed by atoms with Crippen LogP contribution in [0.3, 0.4) is 0 Å². The van der Waals surface area contributed by atoms with Crippen LogP contribution in [0.15, 0.2) is 5.38 Å². The molecule has 1 amide bonds. The molecule has 0 aromatic carbocycles. The van der Waals surface area contributed by atoms with E-state index in [1.165, 1.54) is 25.4 Å². The van der Waals surface area contributed by atoms with Gasteiger partial charge in [0, 0.05) is 18.8 Å². The number of aromatic nitrogens is 1. The van der Waals surface area contributed by atoms with Gasteiger partial charge in [-0.3, -0.25) is 14.5 Å². The molecule has 0 saturated heterocycles. The van der Waals surface area contributed by atoms with E-state index in [1.54, 1.807) is 0 Å². The molecule has 0 radical (unpaired) electrons. The number of hydrogen-bond acceptors (Lipinski definition) is 6. The summed E-state index contributed by atoms with van der Waals surface area (Å²) in [6, 6.07) is 0. The smallest absolute Gasteiger partial charge is 0.319 e. The van der Waals surface area contributed by atoms with Gasteiger partial charge in [-0.1, -0.05) is 6.92 Å². The van der Waals surface area contributed by atoms with Crippen LogP contribution in [0.25, 0.3) is 0 Å². The van der Waals surface area contributed by atoms with Gasteiger partial charge in [0.1, 0.15) is 0 Å². The number of amides is 1. The van der Waals surface area contributed by atoms with Crippen molar-refractivity contribution in [3.8, 4) is 0 Å². The number of carbonyl (C=O) groups is 2. The Morgan fingerprint density at radius 2 is 2.26 bits per heavy atom. The number of carbonyl (C=O) groups excluding carboxylic acids is 2. The summed E-state index contributed by atoms with van der Waals surface area (Å²) in [6.45, 7) is 5.11. The maximum absolute atomic E-state index is 11.3. The van der Waals surface area contributed by atoms with Crippen LogP contribution in [0.2, 0.25) is 0 Å². The number of thiazole rings is 1. The molecule has 1 rings (SSSR count). The molecule has 1 aromatic heterocycles. The SMILES string of the molecule is CCCN(CC(=O)OC)Cc1csc(NC(C)=O)n1. The van der Waals surface area contributed by atoms with E-state index in [1.807, 2.05) is 17.2 Å². The fourth-order valence-corrected chi connectivity index (χ4v) is 2.34. The minimum absolute atomic E-state index is 0.138. The van der Waals surface area contributed by atoms with E-state index in [9.17, 15) is 9.59 Å². The third-order valence-corrected chi connectivity index (χ3v) is 3.15. The zero-order valence-electron chi connectivity index (χ0n) is 11.4. The Labute approximate surface area is 116 Å². The van der Waals surface area contributed by atoms with Gasteiger partial charge in [0.15, 0.2) is 5.13 Å². The summed E-state index contributed by atoms with van der Waals surface area (Å²) in [5.74, 6) is -0.397. The predicted molar refractivity (Wildman–Crippen MR) is 74.0 cm³/mol. The van der Waals surface area contributed by atoms with E-state index >= 15 is 0 Å². The zero-order valence-corrected chi connectivity index (χ0v) is 12.2. The predicted octanol–water partition coefficient (Wildman–Crippen LogP) is 1.49. The van der Waals surface area contributed by atoms with Crippen LogP contribution < -0.4 is 5.32 Å². The Kier molecular flexibility index (Phi) is 6.44. The molecule has 0 aliphatic heterocycles. The van der Waals surface area contributed by atoms with Gasteiger partial charge < -0.3 is 10.1 Å². The molecule has 0 atom stereocenters. The third-order valence-electron chi connectivity index (χ3n) is 2.34.